The summed E-state index contributed by atoms with van der Waals surface area (Å²) < 4.78 is 76.9. The largest absolute Gasteiger partial charge is 0.493 e. The van der Waals surface area contributed by atoms with E-state index < -0.39 is 34.3 Å². The van der Waals surface area contributed by atoms with E-state index in [0.29, 0.717) is 87.0 Å². The van der Waals surface area contributed by atoms with Gasteiger partial charge in [-0.25, -0.2) is 4.39 Å². The Bertz CT molecular complexity index is 4090. The van der Waals surface area contributed by atoms with Gasteiger partial charge < -0.3 is 47.5 Å². The van der Waals surface area contributed by atoms with Crippen molar-refractivity contribution in [2.75, 3.05) is 105 Å². The number of methoxy groups -OCH3 is 1. The molecule has 7 aliphatic rings. The number of carbonyl (C=O) groups excluding carboxylic acids is 6. The van der Waals surface area contributed by atoms with Crippen molar-refractivity contribution in [3.8, 4) is 17.2 Å². The van der Waals surface area contributed by atoms with Crippen molar-refractivity contribution in [3.05, 3.63) is 154 Å². The molecule has 4 fully saturated rings. The molecule has 103 heavy (non-hydrogen) atoms. The fraction of sp³-hybridized carbons (Fsp3) is 0.550. The van der Waals surface area contributed by atoms with Crippen molar-refractivity contribution >= 4 is 40.8 Å². The van der Waals surface area contributed by atoms with E-state index in [2.05, 4.69) is 67.1 Å². The zero-order valence-electron chi connectivity index (χ0n) is 62.4. The summed E-state index contributed by atoms with van der Waals surface area (Å²) in [6.07, 6.45) is 3.71. The highest BCUT2D eigenvalue weighted by Gasteiger charge is 2.50. The number of aromatic nitrogens is 3. The van der Waals surface area contributed by atoms with Crippen LogP contribution in [0.15, 0.2) is 97.1 Å². The first-order valence-corrected chi connectivity index (χ1v) is 36.7. The average Bonchev–Trinajstić information content (AvgIpc) is 1.69. The van der Waals surface area contributed by atoms with Crippen LogP contribution in [0, 0.1) is 11.2 Å². The monoisotopic (exact) mass is 1420 g/mol. The highest BCUT2D eigenvalue weighted by molar-refractivity contribution is 6.00. The number of nitrogens with zero attached hydrogens (tertiary/aromatic N) is 10. The number of hydrogen-bond acceptors (Lipinski definition) is 13. The van der Waals surface area contributed by atoms with Gasteiger partial charge in [0.05, 0.1) is 52.5 Å². The minimum absolute atomic E-state index is 0.0649. The maximum absolute atomic E-state index is 14.7. The summed E-state index contributed by atoms with van der Waals surface area (Å²) in [4.78, 5) is 92.0. The number of ether oxygens (including phenoxy) is 3. The third kappa shape index (κ3) is 15.3. The van der Waals surface area contributed by atoms with E-state index >= 15 is 0 Å². The number of likely N-dealkylation sites (tertiary alicyclic amines) is 3. The van der Waals surface area contributed by atoms with E-state index in [1.807, 2.05) is 98.5 Å². The van der Waals surface area contributed by atoms with Gasteiger partial charge in [-0.2, -0.15) is 13.2 Å². The van der Waals surface area contributed by atoms with E-state index in [1.54, 1.807) is 40.1 Å². The Balaban J connectivity index is 0.000000155. The predicted octanol–water partition coefficient (Wildman–Crippen LogP) is 13.4. The molecule has 3 spiro atoms. The summed E-state index contributed by atoms with van der Waals surface area (Å²) >= 11 is 0. The number of ketones is 3. The van der Waals surface area contributed by atoms with Gasteiger partial charge in [0.2, 0.25) is 0 Å². The van der Waals surface area contributed by atoms with Crippen LogP contribution in [0.5, 0.6) is 17.2 Å². The van der Waals surface area contributed by atoms with Gasteiger partial charge in [0, 0.05) is 143 Å². The van der Waals surface area contributed by atoms with Crippen LogP contribution in [0.2, 0.25) is 0 Å². The quantitative estimate of drug-likeness (QED) is 0.0839. The summed E-state index contributed by atoms with van der Waals surface area (Å²) in [5.74, 6) is -0.894. The van der Waals surface area contributed by atoms with Gasteiger partial charge in [-0.05, 0) is 205 Å². The standard InChI is InChI=1S/C27H36FN3O3.C27H36N4O2.C26H32F3N3O4/c1-18(2)34-19-7-8-20(21(28)17-19)25(33)30-13-11-27(12-14-30)23-10-9-22(24(32)26(3,4)5)31(23)16-15-29(27)6;1-3-24(32)23-11-12-25-27(28(2)19-20-31(23)25)13-17-30(18-14-27)26(33)21-7-9-22(10-8-21)29-15-5-4-6-16-29;1-24(2,3)36-19-8-6-17(16-20(19)35-5)23(34)31-12-10-25(11-13-31)21-9-7-18(22(33)26(27,28)29)32(21)15-14-30(25)4/h7-10,17-18H,11-16H2,1-6H3;7-12H,3-6,13-20H2,1-2H3;6-9,16H,10-15H2,1-5H3. The lowest BCUT2D eigenvalue weighted by molar-refractivity contribution is -0.0892. The van der Waals surface area contributed by atoms with E-state index in [4.69, 9.17) is 14.2 Å². The van der Waals surface area contributed by atoms with E-state index in [1.165, 1.54) is 60.5 Å². The molecule has 0 N–H and O–H groups in total. The number of carbonyl (C=O) groups is 6. The van der Waals surface area contributed by atoms with Crippen LogP contribution >= 0.6 is 0 Å². The predicted molar refractivity (Wildman–Crippen MR) is 388 cm³/mol. The summed E-state index contributed by atoms with van der Waals surface area (Å²) in [6.45, 7) is 27.1. The lowest BCUT2D eigenvalue weighted by Gasteiger charge is -2.50. The molecule has 13 rings (SSSR count). The SMILES string of the molecule is CC(C)Oc1ccc(C(=O)N2CCC3(CC2)c2ccc(C(=O)C(C)(C)C)n2CCN3C)c(F)c1.CCC(=O)c1ccc2n1CCN(C)C21CCN(C(=O)c2ccc(N3CCCCC3)cc2)CC1.COc1cc(C(=O)N2CCC3(CC2)c2ccc(C(=O)C(F)(F)F)n2CCN3C)ccc1OC(C)(C)C. The number of Topliss-reactive ketones (excluding diaryl/α,β-unsaturated/α-hetero) is 3. The van der Waals surface area contributed by atoms with E-state index in [9.17, 15) is 46.3 Å². The van der Waals surface area contributed by atoms with E-state index in [-0.39, 0.29) is 57.7 Å². The Morgan fingerprint density at radius 2 is 0.922 bits per heavy atom. The molecular weight excluding hydrogens is 1320 g/mol. The molecule has 19 nitrogen and oxygen atoms in total. The fourth-order valence-corrected chi connectivity index (χ4v) is 16.6. The molecule has 0 saturated carbocycles. The first-order valence-electron chi connectivity index (χ1n) is 36.7. The molecule has 556 valence electrons. The van der Waals surface area contributed by atoms with Gasteiger partial charge in [0.25, 0.3) is 23.5 Å². The Morgan fingerprint density at radius 3 is 1.35 bits per heavy atom. The summed E-state index contributed by atoms with van der Waals surface area (Å²) in [6, 6.07) is 28.9. The van der Waals surface area contributed by atoms with Crippen LogP contribution in [0.4, 0.5) is 23.2 Å². The molecule has 0 atom stereocenters. The fourth-order valence-electron chi connectivity index (χ4n) is 16.6. The van der Waals surface area contributed by atoms with Gasteiger partial charge in [0.1, 0.15) is 17.2 Å². The van der Waals surface area contributed by atoms with Crippen LogP contribution in [0.25, 0.3) is 0 Å². The molecule has 3 aromatic carbocycles. The number of anilines is 1. The molecule has 0 aliphatic carbocycles. The highest BCUT2D eigenvalue weighted by Crippen LogP contribution is 2.46. The lowest BCUT2D eigenvalue weighted by Crippen LogP contribution is -2.56. The van der Waals surface area contributed by atoms with Crippen molar-refractivity contribution in [1.82, 2.24) is 43.1 Å². The first kappa shape index (κ1) is 75.9. The van der Waals surface area contributed by atoms with Gasteiger partial charge in [0.15, 0.2) is 23.1 Å². The first-order chi connectivity index (χ1) is 48.7. The summed E-state index contributed by atoms with van der Waals surface area (Å²) in [5.41, 5.74) is 5.17. The molecule has 3 amide bonds. The Labute approximate surface area is 603 Å². The van der Waals surface area contributed by atoms with Crippen LogP contribution < -0.4 is 19.1 Å². The zero-order chi connectivity index (χ0) is 74.3. The number of benzene rings is 3. The second-order valence-electron chi connectivity index (χ2n) is 31.2. The van der Waals surface area contributed by atoms with Crippen molar-refractivity contribution < 1.29 is 60.5 Å². The van der Waals surface area contributed by atoms with Gasteiger partial charge in [-0.15, -0.1) is 0 Å². The summed E-state index contributed by atoms with van der Waals surface area (Å²) in [5, 5.41) is 0. The molecule has 6 aromatic rings. The third-order valence-corrected chi connectivity index (χ3v) is 22.4. The second-order valence-corrected chi connectivity index (χ2v) is 31.2. The topological polar surface area (TPSA) is 168 Å². The number of rotatable bonds is 12. The van der Waals surface area contributed by atoms with Crippen molar-refractivity contribution in [2.45, 2.75) is 181 Å². The number of piperidine rings is 4. The van der Waals surface area contributed by atoms with Gasteiger partial charge in [-0.3, -0.25) is 43.5 Å². The zero-order valence-corrected chi connectivity index (χ0v) is 62.4. The number of hydrogen-bond donors (Lipinski definition) is 0. The van der Waals surface area contributed by atoms with Crippen molar-refractivity contribution in [3.63, 3.8) is 0 Å². The molecular formula is C80H104F4N10O9. The van der Waals surface area contributed by atoms with Crippen LogP contribution in [-0.2, 0) is 36.3 Å². The normalized spacial score (nSPS) is 19.0. The second kappa shape index (κ2) is 30.1. The number of likely N-dealkylation sites (N-methyl/N-ethyl adjacent to an activating group) is 3. The maximum Gasteiger partial charge on any atom is 0.456 e. The molecule has 23 heteroatoms. The number of alkyl halides is 3. The maximum atomic E-state index is 14.7. The Hall–Kier alpha value is -8.28. The number of halogens is 4. The molecule has 4 saturated heterocycles. The smallest absolute Gasteiger partial charge is 0.456 e. The third-order valence-electron chi connectivity index (χ3n) is 22.4. The molecule has 0 unspecified atom stereocenters. The van der Waals surface area contributed by atoms with Crippen molar-refractivity contribution in [1.29, 1.82) is 0 Å². The van der Waals surface area contributed by atoms with Gasteiger partial charge >= 0.3 is 6.18 Å². The molecule has 0 bridgehead atoms. The average molecular weight is 1430 g/mol. The molecule has 3 aromatic heterocycles. The van der Waals surface area contributed by atoms with Gasteiger partial charge in [-0.1, -0.05) is 27.7 Å². The van der Waals surface area contributed by atoms with Crippen LogP contribution in [0.3, 0.4) is 0 Å². The number of fused-ring (bicyclic) bond motifs is 6. The molecule has 7 aliphatic heterocycles. The Morgan fingerprint density at radius 1 is 0.485 bits per heavy atom. The van der Waals surface area contributed by atoms with E-state index in [0.717, 1.165) is 101 Å². The van der Waals surface area contributed by atoms with Crippen molar-refractivity contribution in [2.24, 2.45) is 5.41 Å². The van der Waals surface area contributed by atoms with Crippen LogP contribution in [0.1, 0.15) is 206 Å². The minimum Gasteiger partial charge on any atom is -0.493 e. The summed E-state index contributed by atoms with van der Waals surface area (Å²) in [7, 11) is 7.77. The molecule has 0 radical (unpaired) electrons. The minimum atomic E-state index is -4.92. The molecule has 10 heterocycles. The Kier molecular flexibility index (Phi) is 22.1. The number of amides is 3. The lowest BCUT2D eigenvalue weighted by atomic mass is 9.81. The highest BCUT2D eigenvalue weighted by atomic mass is 19.4. The van der Waals surface area contributed by atoms with Crippen LogP contribution in [-0.4, -0.2) is 196 Å².